The summed E-state index contributed by atoms with van der Waals surface area (Å²) in [5.74, 6) is 0. The second-order valence-corrected chi connectivity index (χ2v) is 4.12. The Morgan fingerprint density at radius 2 is 1.20 bits per heavy atom. The van der Waals surface area contributed by atoms with Crippen molar-refractivity contribution in [3.8, 4) is 0 Å². The summed E-state index contributed by atoms with van der Waals surface area (Å²) >= 11 is 18.0. The maximum Gasteiger partial charge on any atom is 0.0745 e. The van der Waals surface area contributed by atoms with Gasteiger partial charge in [0.25, 0.3) is 0 Å². The van der Waals surface area contributed by atoms with Gasteiger partial charge in [-0.2, -0.15) is 0 Å². The van der Waals surface area contributed by atoms with Gasteiger partial charge in [0, 0.05) is 8.95 Å². The van der Waals surface area contributed by atoms with Crippen LogP contribution >= 0.6 is 55.1 Å². The molecule has 54 valence electrons. The van der Waals surface area contributed by atoms with E-state index in [1.165, 1.54) is 0 Å². The summed E-state index contributed by atoms with van der Waals surface area (Å²) in [6.45, 7) is 0. The highest BCUT2D eigenvalue weighted by Gasteiger charge is 2.04. The van der Waals surface area contributed by atoms with E-state index in [0.717, 1.165) is 8.95 Å². The molecule has 0 fully saturated rings. The normalized spacial score (nSPS) is 10.0. The summed E-state index contributed by atoms with van der Waals surface area (Å²) in [4.78, 5) is 0. The molecule has 0 saturated heterocycles. The Bertz CT molecular complexity index is 233. The summed E-state index contributed by atoms with van der Waals surface area (Å²) in [5.41, 5.74) is 0. The molecule has 0 radical (unpaired) electrons. The van der Waals surface area contributed by atoms with Crippen LogP contribution in [-0.2, 0) is 0 Å². The molecular formula is C6H2Br2Cl2. The van der Waals surface area contributed by atoms with Crippen LogP contribution in [0.3, 0.4) is 0 Å². The van der Waals surface area contributed by atoms with Gasteiger partial charge in [-0.3, -0.25) is 0 Å². The first kappa shape index (κ1) is 8.85. The Morgan fingerprint density at radius 1 is 0.900 bits per heavy atom. The fourth-order valence-electron chi connectivity index (χ4n) is 0.502. The molecule has 0 amide bonds. The van der Waals surface area contributed by atoms with Crippen LogP contribution in [0.25, 0.3) is 0 Å². The van der Waals surface area contributed by atoms with Crippen molar-refractivity contribution in [2.45, 2.75) is 0 Å². The minimum atomic E-state index is 0.538. The van der Waals surface area contributed by atoms with Gasteiger partial charge in [0.15, 0.2) is 0 Å². The summed E-state index contributed by atoms with van der Waals surface area (Å²) in [7, 11) is 0. The van der Waals surface area contributed by atoms with Gasteiger partial charge in [0.05, 0.1) is 10.0 Å². The Hall–Kier alpha value is 0.760. The molecule has 1 aromatic carbocycles. The first-order valence-corrected chi connectivity index (χ1v) is 4.76. The maximum atomic E-state index is 5.77. The van der Waals surface area contributed by atoms with Gasteiger partial charge in [0.1, 0.15) is 0 Å². The zero-order valence-corrected chi connectivity index (χ0v) is 9.35. The van der Waals surface area contributed by atoms with Crippen LogP contribution in [0.4, 0.5) is 0 Å². The van der Waals surface area contributed by atoms with E-state index in [-0.39, 0.29) is 0 Å². The third-order valence-corrected chi connectivity index (χ3v) is 3.65. The third kappa shape index (κ3) is 1.67. The lowest BCUT2D eigenvalue weighted by Crippen LogP contribution is -1.72. The van der Waals surface area contributed by atoms with Gasteiger partial charge in [0.2, 0.25) is 0 Å². The van der Waals surface area contributed by atoms with Crippen LogP contribution in [0.5, 0.6) is 0 Å². The monoisotopic (exact) mass is 302 g/mol. The van der Waals surface area contributed by atoms with Crippen molar-refractivity contribution in [2.24, 2.45) is 0 Å². The molecule has 0 aromatic heterocycles. The molecule has 0 nitrogen and oxygen atoms in total. The zero-order valence-electron chi connectivity index (χ0n) is 4.67. The predicted molar refractivity (Wildman–Crippen MR) is 51.9 cm³/mol. The van der Waals surface area contributed by atoms with Crippen LogP contribution < -0.4 is 0 Å². The highest BCUT2D eigenvalue weighted by atomic mass is 79.9. The van der Waals surface area contributed by atoms with Crippen molar-refractivity contribution in [3.63, 3.8) is 0 Å². The molecule has 0 aliphatic heterocycles. The van der Waals surface area contributed by atoms with Gasteiger partial charge in [-0.05, 0) is 44.0 Å². The molecule has 0 spiro atoms. The molecule has 0 aliphatic carbocycles. The highest BCUT2D eigenvalue weighted by molar-refractivity contribution is 9.11. The lowest BCUT2D eigenvalue weighted by Gasteiger charge is -1.99. The maximum absolute atomic E-state index is 5.77. The summed E-state index contributed by atoms with van der Waals surface area (Å²) in [6, 6.07) is 3.66. The standard InChI is InChI=1S/C6H2Br2Cl2/c7-3-1-2-4(8)6(10)5(3)9/h1-2H. The van der Waals surface area contributed by atoms with E-state index in [1.54, 1.807) is 0 Å². The largest absolute Gasteiger partial charge is 0.0814 e. The average Bonchev–Trinajstić information content (AvgIpc) is 1.93. The van der Waals surface area contributed by atoms with Crippen LogP contribution in [0.2, 0.25) is 10.0 Å². The number of hydrogen-bond donors (Lipinski definition) is 0. The minimum absolute atomic E-state index is 0.538. The van der Waals surface area contributed by atoms with Crippen LogP contribution in [0.15, 0.2) is 21.1 Å². The van der Waals surface area contributed by atoms with Crippen molar-refractivity contribution in [1.82, 2.24) is 0 Å². The van der Waals surface area contributed by atoms with E-state index < -0.39 is 0 Å². The Morgan fingerprint density at radius 3 is 1.50 bits per heavy atom. The molecule has 1 aromatic rings. The van der Waals surface area contributed by atoms with Crippen molar-refractivity contribution in [3.05, 3.63) is 31.1 Å². The molecule has 0 heterocycles. The zero-order chi connectivity index (χ0) is 7.72. The summed E-state index contributed by atoms with van der Waals surface area (Å²) < 4.78 is 1.62. The average molecular weight is 305 g/mol. The SMILES string of the molecule is Clc1c(Br)ccc(Br)c1Cl. The summed E-state index contributed by atoms with van der Waals surface area (Å²) in [6.07, 6.45) is 0. The van der Waals surface area contributed by atoms with E-state index >= 15 is 0 Å². The van der Waals surface area contributed by atoms with Gasteiger partial charge in [-0.1, -0.05) is 23.2 Å². The highest BCUT2D eigenvalue weighted by Crippen LogP contribution is 2.35. The molecular weight excluding hydrogens is 303 g/mol. The molecule has 10 heavy (non-hydrogen) atoms. The van der Waals surface area contributed by atoms with Crippen molar-refractivity contribution >= 4 is 55.1 Å². The summed E-state index contributed by atoms with van der Waals surface area (Å²) in [5, 5.41) is 1.08. The molecule has 1 rings (SSSR count). The Labute approximate surface area is 85.8 Å². The van der Waals surface area contributed by atoms with E-state index in [9.17, 15) is 0 Å². The van der Waals surface area contributed by atoms with E-state index in [1.807, 2.05) is 12.1 Å². The molecule has 4 heteroatoms. The Kier molecular flexibility index (Phi) is 3.04. The molecule has 0 atom stereocenters. The molecule has 0 N–H and O–H groups in total. The van der Waals surface area contributed by atoms with Crippen LogP contribution in [-0.4, -0.2) is 0 Å². The number of rotatable bonds is 0. The fourth-order valence-corrected chi connectivity index (χ4v) is 1.72. The van der Waals surface area contributed by atoms with E-state index in [0.29, 0.717) is 10.0 Å². The van der Waals surface area contributed by atoms with Gasteiger partial charge < -0.3 is 0 Å². The number of benzene rings is 1. The topological polar surface area (TPSA) is 0 Å². The van der Waals surface area contributed by atoms with Crippen molar-refractivity contribution in [1.29, 1.82) is 0 Å². The Balaban J connectivity index is 3.34. The minimum Gasteiger partial charge on any atom is -0.0814 e. The fraction of sp³-hybridized carbons (Fsp3) is 0. The third-order valence-electron chi connectivity index (χ3n) is 0.988. The quantitative estimate of drug-likeness (QED) is 0.488. The molecule has 0 aliphatic rings. The van der Waals surface area contributed by atoms with Crippen molar-refractivity contribution < 1.29 is 0 Å². The second kappa shape index (κ2) is 3.44. The number of halogens is 4. The molecule has 0 saturated carbocycles. The van der Waals surface area contributed by atoms with Gasteiger partial charge in [-0.25, -0.2) is 0 Å². The smallest absolute Gasteiger partial charge is 0.0745 e. The van der Waals surface area contributed by atoms with Gasteiger partial charge in [-0.15, -0.1) is 0 Å². The van der Waals surface area contributed by atoms with Gasteiger partial charge >= 0.3 is 0 Å². The van der Waals surface area contributed by atoms with Crippen molar-refractivity contribution in [2.75, 3.05) is 0 Å². The van der Waals surface area contributed by atoms with Crippen LogP contribution in [0.1, 0.15) is 0 Å². The first-order valence-electron chi connectivity index (χ1n) is 2.42. The second-order valence-electron chi connectivity index (χ2n) is 1.66. The van der Waals surface area contributed by atoms with E-state index in [2.05, 4.69) is 31.9 Å². The molecule has 0 unspecified atom stereocenters. The molecule has 0 bridgehead atoms. The van der Waals surface area contributed by atoms with Crippen LogP contribution in [0, 0.1) is 0 Å². The first-order chi connectivity index (χ1) is 4.63. The lowest BCUT2D eigenvalue weighted by molar-refractivity contribution is 1.60. The predicted octanol–water partition coefficient (Wildman–Crippen LogP) is 4.52. The number of hydrogen-bond acceptors (Lipinski definition) is 0. The lowest BCUT2D eigenvalue weighted by atomic mass is 10.4. The van der Waals surface area contributed by atoms with E-state index in [4.69, 9.17) is 23.2 Å².